The van der Waals surface area contributed by atoms with Gasteiger partial charge in [-0.2, -0.15) is 5.10 Å². The number of nitrogens with zero attached hydrogens (tertiary/aromatic N) is 3. The maximum Gasteiger partial charge on any atom is 0.135 e. The maximum atomic E-state index is 14.3. The number of hydrogen-bond acceptors (Lipinski definition) is 4. The molecular formula is C12H19FN4O. The predicted octanol–water partition coefficient (Wildman–Crippen LogP) is 0.757. The van der Waals surface area contributed by atoms with Gasteiger partial charge >= 0.3 is 0 Å². The molecule has 0 spiro atoms. The highest BCUT2D eigenvalue weighted by Gasteiger charge is 2.36. The Morgan fingerprint density at radius 3 is 2.78 bits per heavy atom. The molecule has 3 heterocycles. The number of piperidine rings is 1. The summed E-state index contributed by atoms with van der Waals surface area (Å²) in [6.07, 6.45) is 1.63. The molecule has 2 aliphatic heterocycles. The Morgan fingerprint density at radius 2 is 2.28 bits per heavy atom. The van der Waals surface area contributed by atoms with Crippen molar-refractivity contribution in [1.29, 1.82) is 0 Å². The number of halogens is 1. The van der Waals surface area contributed by atoms with Crippen LogP contribution in [0.1, 0.15) is 18.2 Å². The lowest BCUT2D eigenvalue weighted by Gasteiger charge is -2.42. The molecular weight excluding hydrogens is 235 g/mol. The molecule has 0 aliphatic carbocycles. The quantitative estimate of drug-likeness (QED) is 0.846. The van der Waals surface area contributed by atoms with Crippen LogP contribution < -0.4 is 5.73 Å². The van der Waals surface area contributed by atoms with E-state index in [0.717, 1.165) is 31.9 Å². The summed E-state index contributed by atoms with van der Waals surface area (Å²) in [5.74, 6) is 0. The molecule has 100 valence electrons. The first-order valence-electron chi connectivity index (χ1n) is 6.42. The topological polar surface area (TPSA) is 56.3 Å². The first-order chi connectivity index (χ1) is 8.65. The lowest BCUT2D eigenvalue weighted by atomic mass is 10.0. The number of likely N-dealkylation sites (tertiary alicyclic amines) is 1. The van der Waals surface area contributed by atoms with E-state index in [1.807, 2.05) is 6.92 Å². The minimum atomic E-state index is -0.891. The second-order valence-electron chi connectivity index (χ2n) is 5.21. The van der Waals surface area contributed by atoms with Gasteiger partial charge < -0.3 is 10.5 Å². The molecule has 0 aromatic carbocycles. The van der Waals surface area contributed by atoms with Gasteiger partial charge in [-0.3, -0.25) is 9.58 Å². The van der Waals surface area contributed by atoms with E-state index in [4.69, 9.17) is 10.5 Å². The van der Waals surface area contributed by atoms with E-state index < -0.39 is 6.17 Å². The summed E-state index contributed by atoms with van der Waals surface area (Å²) in [7, 11) is 0. The van der Waals surface area contributed by atoms with Gasteiger partial charge in [0.2, 0.25) is 0 Å². The molecule has 0 bridgehead atoms. The summed E-state index contributed by atoms with van der Waals surface area (Å²) in [5.41, 5.74) is 7.18. The summed E-state index contributed by atoms with van der Waals surface area (Å²) >= 11 is 0. The van der Waals surface area contributed by atoms with Gasteiger partial charge in [0, 0.05) is 19.3 Å². The fourth-order valence-corrected chi connectivity index (χ4v) is 2.65. The summed E-state index contributed by atoms with van der Waals surface area (Å²) in [6, 6.07) is 0.229. The Hall–Kier alpha value is -1.14. The minimum absolute atomic E-state index is 0.182. The molecule has 0 amide bonds. The van der Waals surface area contributed by atoms with Gasteiger partial charge in [-0.1, -0.05) is 0 Å². The zero-order valence-corrected chi connectivity index (χ0v) is 10.6. The normalized spacial score (nSPS) is 30.3. The average molecular weight is 254 g/mol. The van der Waals surface area contributed by atoms with Crippen LogP contribution >= 0.6 is 0 Å². The number of rotatable bonds is 2. The van der Waals surface area contributed by atoms with Crippen molar-refractivity contribution in [1.82, 2.24) is 14.7 Å². The van der Waals surface area contributed by atoms with E-state index in [0.29, 0.717) is 18.3 Å². The van der Waals surface area contributed by atoms with Crippen LogP contribution in [0.4, 0.5) is 10.1 Å². The Labute approximate surface area is 106 Å². The van der Waals surface area contributed by atoms with E-state index in [9.17, 15) is 4.39 Å². The fraction of sp³-hybridized carbons (Fsp3) is 0.750. The zero-order chi connectivity index (χ0) is 12.7. The molecule has 2 N–H and O–H groups in total. The van der Waals surface area contributed by atoms with Crippen molar-refractivity contribution in [2.45, 2.75) is 31.6 Å². The molecule has 2 saturated heterocycles. The van der Waals surface area contributed by atoms with Crippen molar-refractivity contribution in [3.63, 3.8) is 0 Å². The van der Waals surface area contributed by atoms with Gasteiger partial charge in [-0.05, 0) is 13.3 Å². The number of nitrogens with two attached hydrogens (primary N) is 1. The minimum Gasteiger partial charge on any atom is -0.396 e. The summed E-state index contributed by atoms with van der Waals surface area (Å²) in [5, 5.41) is 4.30. The average Bonchev–Trinajstić information content (AvgIpc) is 2.56. The van der Waals surface area contributed by atoms with Crippen molar-refractivity contribution in [3.05, 3.63) is 11.9 Å². The highest BCUT2D eigenvalue weighted by Crippen LogP contribution is 2.28. The lowest BCUT2D eigenvalue weighted by molar-refractivity contribution is -0.0847. The summed E-state index contributed by atoms with van der Waals surface area (Å²) < 4.78 is 21.1. The van der Waals surface area contributed by atoms with Gasteiger partial charge in [0.25, 0.3) is 0 Å². The first kappa shape index (κ1) is 11.9. The van der Waals surface area contributed by atoms with E-state index in [1.54, 1.807) is 10.9 Å². The molecule has 2 atom stereocenters. The smallest absolute Gasteiger partial charge is 0.135 e. The van der Waals surface area contributed by atoms with Gasteiger partial charge in [0.05, 0.1) is 36.7 Å². The molecule has 0 saturated carbocycles. The number of aromatic nitrogens is 2. The zero-order valence-electron chi connectivity index (χ0n) is 10.6. The third kappa shape index (κ3) is 1.99. The molecule has 2 aliphatic rings. The Bertz CT molecular complexity index is 412. The molecule has 1 aromatic rings. The summed E-state index contributed by atoms with van der Waals surface area (Å²) in [6.45, 7) is 4.70. The third-order valence-electron chi connectivity index (χ3n) is 3.97. The SMILES string of the molecule is Cc1nn(C2CCN(C3COC3)CC2F)cc1N. The molecule has 2 fully saturated rings. The van der Waals surface area contributed by atoms with Crippen LogP contribution in [0.15, 0.2) is 6.20 Å². The first-order valence-corrected chi connectivity index (χ1v) is 6.42. The molecule has 6 heteroatoms. The number of anilines is 1. The van der Waals surface area contributed by atoms with Gasteiger partial charge in [-0.25, -0.2) is 4.39 Å². The number of nitrogen functional groups attached to an aromatic ring is 1. The van der Waals surface area contributed by atoms with E-state index >= 15 is 0 Å². The Morgan fingerprint density at radius 1 is 1.50 bits per heavy atom. The number of alkyl halides is 1. The molecule has 3 rings (SSSR count). The molecule has 18 heavy (non-hydrogen) atoms. The summed E-state index contributed by atoms with van der Waals surface area (Å²) in [4.78, 5) is 2.18. The third-order valence-corrected chi connectivity index (χ3v) is 3.97. The van der Waals surface area contributed by atoms with Crippen molar-refractivity contribution < 1.29 is 9.13 Å². The van der Waals surface area contributed by atoms with Crippen LogP contribution in [-0.4, -0.2) is 53.2 Å². The van der Waals surface area contributed by atoms with E-state index in [-0.39, 0.29) is 6.04 Å². The largest absolute Gasteiger partial charge is 0.396 e. The van der Waals surface area contributed by atoms with E-state index in [2.05, 4.69) is 10.00 Å². The van der Waals surface area contributed by atoms with Crippen LogP contribution in [0.5, 0.6) is 0 Å². The standard InChI is InChI=1S/C12H19FN4O/c1-8-11(14)5-17(15-8)12-2-3-16(4-10(12)13)9-6-18-7-9/h5,9-10,12H,2-4,6-7,14H2,1H3. The second kappa shape index (κ2) is 4.51. The second-order valence-corrected chi connectivity index (χ2v) is 5.21. The van der Waals surface area contributed by atoms with Gasteiger partial charge in [0.1, 0.15) is 6.17 Å². The van der Waals surface area contributed by atoms with Crippen molar-refractivity contribution in [2.75, 3.05) is 32.0 Å². The van der Waals surface area contributed by atoms with Crippen molar-refractivity contribution >= 4 is 5.69 Å². The monoisotopic (exact) mass is 254 g/mol. The van der Waals surface area contributed by atoms with Crippen LogP contribution in [-0.2, 0) is 4.74 Å². The van der Waals surface area contributed by atoms with Crippen LogP contribution in [0.25, 0.3) is 0 Å². The number of hydrogen-bond donors (Lipinski definition) is 1. The Kier molecular flexibility index (Phi) is 2.99. The van der Waals surface area contributed by atoms with E-state index in [1.165, 1.54) is 0 Å². The van der Waals surface area contributed by atoms with Crippen LogP contribution in [0.3, 0.4) is 0 Å². The highest BCUT2D eigenvalue weighted by atomic mass is 19.1. The van der Waals surface area contributed by atoms with Crippen LogP contribution in [0, 0.1) is 6.92 Å². The van der Waals surface area contributed by atoms with Crippen molar-refractivity contribution in [2.24, 2.45) is 0 Å². The molecule has 0 radical (unpaired) electrons. The maximum absolute atomic E-state index is 14.3. The lowest BCUT2D eigenvalue weighted by Crippen LogP contribution is -2.55. The molecule has 1 aromatic heterocycles. The van der Waals surface area contributed by atoms with Crippen molar-refractivity contribution in [3.8, 4) is 0 Å². The number of aryl methyl sites for hydroxylation is 1. The molecule has 5 nitrogen and oxygen atoms in total. The predicted molar refractivity (Wildman–Crippen MR) is 66.1 cm³/mol. The molecule has 2 unspecified atom stereocenters. The fourth-order valence-electron chi connectivity index (χ4n) is 2.65. The van der Waals surface area contributed by atoms with Crippen LogP contribution in [0.2, 0.25) is 0 Å². The highest BCUT2D eigenvalue weighted by molar-refractivity contribution is 5.39. The number of ether oxygens (including phenoxy) is 1. The van der Waals surface area contributed by atoms with Gasteiger partial charge in [-0.15, -0.1) is 0 Å². The van der Waals surface area contributed by atoms with Gasteiger partial charge in [0.15, 0.2) is 0 Å². The Balaban J connectivity index is 1.68.